The van der Waals surface area contributed by atoms with Gasteiger partial charge in [-0.05, 0) is 44.6 Å². The van der Waals surface area contributed by atoms with Gasteiger partial charge < -0.3 is 15.7 Å². The molecule has 1 atom stereocenters. The Labute approximate surface area is 95.2 Å². The summed E-state index contributed by atoms with van der Waals surface area (Å²) in [5.41, 5.74) is 5.39. The number of aliphatic carboxylic acids is 1. The summed E-state index contributed by atoms with van der Waals surface area (Å²) in [6.07, 6.45) is 3.80. The fraction of sp³-hybridized carbons (Fsp3) is 0.900. The number of rotatable bonds is 7. The second-order valence-corrected chi connectivity index (χ2v) is 5.07. The molecule has 1 saturated heterocycles. The first-order chi connectivity index (χ1) is 7.20. The molecule has 1 heterocycles. The number of carboxylic acid groups (broad SMARTS) is 1. The van der Waals surface area contributed by atoms with Gasteiger partial charge in [-0.15, -0.1) is 0 Å². The minimum Gasteiger partial charge on any atom is -0.480 e. The molecule has 0 aromatic heterocycles. The van der Waals surface area contributed by atoms with E-state index >= 15 is 0 Å². The molecular formula is C10H20N2O2S. The van der Waals surface area contributed by atoms with Gasteiger partial charge in [0.2, 0.25) is 0 Å². The van der Waals surface area contributed by atoms with Crippen LogP contribution in [-0.4, -0.2) is 53.2 Å². The normalized spacial score (nSPS) is 19.3. The van der Waals surface area contributed by atoms with Gasteiger partial charge >= 0.3 is 5.97 Å². The van der Waals surface area contributed by atoms with E-state index in [9.17, 15) is 4.79 Å². The molecule has 0 aliphatic carbocycles. The van der Waals surface area contributed by atoms with Gasteiger partial charge in [0, 0.05) is 5.75 Å². The molecule has 3 N–H and O–H groups in total. The first kappa shape index (κ1) is 12.8. The molecule has 0 saturated carbocycles. The lowest BCUT2D eigenvalue weighted by atomic mass is 10.4. The van der Waals surface area contributed by atoms with E-state index in [0.29, 0.717) is 5.75 Å². The molecule has 0 aromatic rings. The second kappa shape index (κ2) is 7.09. The molecule has 1 aliphatic heterocycles. The number of nitrogens with zero attached hydrogens (tertiary/aromatic N) is 1. The smallest absolute Gasteiger partial charge is 0.321 e. The average molecular weight is 232 g/mol. The number of carbonyl (C=O) groups is 1. The molecule has 1 rings (SSSR count). The third-order valence-electron chi connectivity index (χ3n) is 2.58. The third-order valence-corrected chi connectivity index (χ3v) is 3.75. The first-order valence-corrected chi connectivity index (χ1v) is 6.64. The summed E-state index contributed by atoms with van der Waals surface area (Å²) >= 11 is 1.64. The Kier molecular flexibility index (Phi) is 6.05. The first-order valence-electron chi connectivity index (χ1n) is 5.48. The third kappa shape index (κ3) is 5.39. The van der Waals surface area contributed by atoms with Crippen LogP contribution in [0, 0.1) is 0 Å². The second-order valence-electron chi connectivity index (χ2n) is 3.92. The molecule has 0 spiro atoms. The van der Waals surface area contributed by atoms with Crippen molar-refractivity contribution in [3.63, 3.8) is 0 Å². The van der Waals surface area contributed by atoms with Gasteiger partial charge in [0.05, 0.1) is 0 Å². The van der Waals surface area contributed by atoms with Crippen LogP contribution in [0.1, 0.15) is 19.3 Å². The van der Waals surface area contributed by atoms with E-state index in [1.807, 2.05) is 0 Å². The van der Waals surface area contributed by atoms with Crippen molar-refractivity contribution in [2.24, 2.45) is 5.73 Å². The number of nitrogens with two attached hydrogens (primary N) is 1. The molecule has 88 valence electrons. The van der Waals surface area contributed by atoms with Crippen molar-refractivity contribution in [1.29, 1.82) is 0 Å². The van der Waals surface area contributed by atoms with E-state index in [1.165, 1.54) is 25.9 Å². The van der Waals surface area contributed by atoms with E-state index in [0.717, 1.165) is 18.7 Å². The zero-order valence-electron chi connectivity index (χ0n) is 9.02. The molecule has 5 heteroatoms. The van der Waals surface area contributed by atoms with Crippen LogP contribution in [0.4, 0.5) is 0 Å². The maximum atomic E-state index is 10.4. The van der Waals surface area contributed by atoms with Crippen LogP contribution in [0.2, 0.25) is 0 Å². The van der Waals surface area contributed by atoms with E-state index in [-0.39, 0.29) is 0 Å². The van der Waals surface area contributed by atoms with Gasteiger partial charge in [0.1, 0.15) is 6.04 Å². The Balaban J connectivity index is 1.90. The fourth-order valence-electron chi connectivity index (χ4n) is 1.68. The van der Waals surface area contributed by atoms with Gasteiger partial charge in [0.15, 0.2) is 0 Å². The number of thioether (sulfide) groups is 1. The summed E-state index contributed by atoms with van der Waals surface area (Å²) in [5, 5.41) is 8.56. The van der Waals surface area contributed by atoms with Crippen molar-refractivity contribution >= 4 is 17.7 Å². The average Bonchev–Trinajstić information content (AvgIpc) is 2.69. The van der Waals surface area contributed by atoms with Crippen LogP contribution in [0.15, 0.2) is 0 Å². The molecule has 0 unspecified atom stereocenters. The van der Waals surface area contributed by atoms with Crippen molar-refractivity contribution in [2.75, 3.05) is 31.1 Å². The fourth-order valence-corrected chi connectivity index (χ4v) is 2.57. The summed E-state index contributed by atoms with van der Waals surface area (Å²) in [6, 6.07) is -0.707. The lowest BCUT2D eigenvalue weighted by Gasteiger charge is -2.13. The molecule has 0 aromatic carbocycles. The van der Waals surface area contributed by atoms with Crippen LogP contribution in [0.5, 0.6) is 0 Å². The highest BCUT2D eigenvalue weighted by Crippen LogP contribution is 2.10. The lowest BCUT2D eigenvalue weighted by molar-refractivity contribution is -0.137. The van der Waals surface area contributed by atoms with Crippen molar-refractivity contribution in [3.05, 3.63) is 0 Å². The highest BCUT2D eigenvalue weighted by molar-refractivity contribution is 7.99. The van der Waals surface area contributed by atoms with Gasteiger partial charge in [0.25, 0.3) is 0 Å². The van der Waals surface area contributed by atoms with Crippen LogP contribution in [0.25, 0.3) is 0 Å². The molecule has 1 aliphatic rings. The Morgan fingerprint density at radius 2 is 2.13 bits per heavy atom. The molecule has 0 amide bonds. The predicted octanol–water partition coefficient (Wildman–Crippen LogP) is 0.617. The number of hydrogen-bond acceptors (Lipinski definition) is 4. The minimum atomic E-state index is -0.901. The number of likely N-dealkylation sites (tertiary alicyclic amines) is 1. The van der Waals surface area contributed by atoms with Gasteiger partial charge in [-0.3, -0.25) is 4.79 Å². The van der Waals surface area contributed by atoms with Crippen LogP contribution >= 0.6 is 11.8 Å². The highest BCUT2D eigenvalue weighted by Gasteiger charge is 2.12. The Morgan fingerprint density at radius 1 is 1.47 bits per heavy atom. The predicted molar refractivity (Wildman–Crippen MR) is 63.2 cm³/mol. The molecular weight excluding hydrogens is 212 g/mol. The van der Waals surface area contributed by atoms with E-state index < -0.39 is 12.0 Å². The summed E-state index contributed by atoms with van der Waals surface area (Å²) < 4.78 is 0. The molecule has 4 nitrogen and oxygen atoms in total. The summed E-state index contributed by atoms with van der Waals surface area (Å²) in [4.78, 5) is 12.9. The molecule has 0 bridgehead atoms. The molecule has 15 heavy (non-hydrogen) atoms. The Morgan fingerprint density at radius 3 is 2.73 bits per heavy atom. The zero-order chi connectivity index (χ0) is 11.1. The molecule has 1 fully saturated rings. The van der Waals surface area contributed by atoms with Crippen molar-refractivity contribution in [3.8, 4) is 0 Å². The van der Waals surface area contributed by atoms with Crippen molar-refractivity contribution in [2.45, 2.75) is 25.3 Å². The summed E-state index contributed by atoms with van der Waals surface area (Å²) in [5.74, 6) is 0.634. The van der Waals surface area contributed by atoms with Gasteiger partial charge in [-0.2, -0.15) is 11.8 Å². The lowest BCUT2D eigenvalue weighted by Crippen LogP contribution is -2.32. The zero-order valence-corrected chi connectivity index (χ0v) is 9.84. The maximum Gasteiger partial charge on any atom is 0.321 e. The Bertz CT molecular complexity index is 196. The largest absolute Gasteiger partial charge is 0.480 e. The monoisotopic (exact) mass is 232 g/mol. The standard InChI is InChI=1S/C10H20N2O2S/c11-9(10(13)14)8-15-7-3-6-12-4-1-2-5-12/h9H,1-8,11H2,(H,13,14)/t9-/m1/s1. The Hall–Kier alpha value is -0.260. The SMILES string of the molecule is N[C@H](CSCCCN1CCCC1)C(=O)O. The van der Waals surface area contributed by atoms with Crippen molar-refractivity contribution in [1.82, 2.24) is 4.90 Å². The topological polar surface area (TPSA) is 66.6 Å². The summed E-state index contributed by atoms with van der Waals surface area (Å²) in [7, 11) is 0. The maximum absolute atomic E-state index is 10.4. The number of carboxylic acids is 1. The highest BCUT2D eigenvalue weighted by atomic mass is 32.2. The van der Waals surface area contributed by atoms with E-state index in [1.54, 1.807) is 11.8 Å². The minimum absolute atomic E-state index is 0.523. The van der Waals surface area contributed by atoms with Gasteiger partial charge in [-0.25, -0.2) is 0 Å². The van der Waals surface area contributed by atoms with Crippen LogP contribution in [0.3, 0.4) is 0 Å². The molecule has 0 radical (unpaired) electrons. The summed E-state index contributed by atoms with van der Waals surface area (Å²) in [6.45, 7) is 3.62. The van der Waals surface area contributed by atoms with Crippen LogP contribution < -0.4 is 5.73 Å². The van der Waals surface area contributed by atoms with E-state index in [2.05, 4.69) is 4.90 Å². The van der Waals surface area contributed by atoms with E-state index in [4.69, 9.17) is 10.8 Å². The van der Waals surface area contributed by atoms with Crippen LogP contribution in [-0.2, 0) is 4.79 Å². The number of hydrogen-bond donors (Lipinski definition) is 2. The van der Waals surface area contributed by atoms with Crippen molar-refractivity contribution < 1.29 is 9.90 Å². The quantitative estimate of drug-likeness (QED) is 0.630. The van der Waals surface area contributed by atoms with Gasteiger partial charge in [-0.1, -0.05) is 0 Å².